The van der Waals surface area contributed by atoms with Crippen molar-refractivity contribution in [3.05, 3.63) is 59.7 Å². The number of nitrogens with one attached hydrogen (secondary N) is 2. The molecule has 2 rings (SSSR count). The van der Waals surface area contributed by atoms with Gasteiger partial charge in [0.1, 0.15) is 11.6 Å². The fourth-order valence-corrected chi connectivity index (χ4v) is 3.34. The minimum absolute atomic E-state index is 0.151. The second-order valence-corrected chi connectivity index (χ2v) is 7.79. The number of amides is 2. The molecule has 0 aliphatic carbocycles. The smallest absolute Gasteiger partial charge is 0.328 e. The van der Waals surface area contributed by atoms with Crippen molar-refractivity contribution in [1.82, 2.24) is 0 Å². The fourth-order valence-electron chi connectivity index (χ4n) is 3.34. The van der Waals surface area contributed by atoms with Gasteiger partial charge in [0.15, 0.2) is 0 Å². The molecule has 33 heavy (non-hydrogen) atoms. The Balaban J connectivity index is 2.40. The van der Waals surface area contributed by atoms with Gasteiger partial charge >= 0.3 is 12.0 Å². The number of hydrogen-bond donors (Lipinski definition) is 3. The van der Waals surface area contributed by atoms with E-state index in [9.17, 15) is 18.4 Å². The number of carbonyl (C=O) groups is 2. The van der Waals surface area contributed by atoms with Gasteiger partial charge < -0.3 is 20.6 Å². The zero-order valence-electron chi connectivity index (χ0n) is 19.3. The largest absolute Gasteiger partial charge is 0.478 e. The lowest BCUT2D eigenvalue weighted by Gasteiger charge is -2.28. The summed E-state index contributed by atoms with van der Waals surface area (Å²) in [5.74, 6) is -2.69. The number of unbranched alkanes of at least 4 members (excludes halogenated alkanes) is 2. The van der Waals surface area contributed by atoms with Crippen molar-refractivity contribution >= 4 is 34.6 Å². The average molecular weight is 460 g/mol. The van der Waals surface area contributed by atoms with Gasteiger partial charge in [-0.15, -0.1) is 0 Å². The van der Waals surface area contributed by atoms with E-state index < -0.39 is 23.6 Å². The summed E-state index contributed by atoms with van der Waals surface area (Å²) in [6, 6.07) is 7.59. The molecule has 2 aromatic carbocycles. The van der Waals surface area contributed by atoms with Gasteiger partial charge in [-0.25, -0.2) is 18.4 Å². The van der Waals surface area contributed by atoms with Crippen molar-refractivity contribution in [2.45, 2.75) is 46.5 Å². The second-order valence-electron chi connectivity index (χ2n) is 7.79. The van der Waals surface area contributed by atoms with Crippen LogP contribution in [0.2, 0.25) is 0 Å². The van der Waals surface area contributed by atoms with E-state index in [4.69, 9.17) is 5.11 Å². The third-order valence-corrected chi connectivity index (χ3v) is 5.12. The number of carboxylic acids is 1. The van der Waals surface area contributed by atoms with Gasteiger partial charge in [0.25, 0.3) is 0 Å². The summed E-state index contributed by atoms with van der Waals surface area (Å²) in [6.07, 6.45) is 5.05. The highest BCUT2D eigenvalue weighted by molar-refractivity contribution is 6.02. The average Bonchev–Trinajstić information content (AvgIpc) is 2.75. The Labute approximate surface area is 193 Å². The first-order chi connectivity index (χ1) is 15.7. The SMILES string of the molecule is CCCCN(CCCC)c1ccc(/C(C)=C/C(=O)O)cc1NC(=O)Nc1ccc(F)cc1F. The molecule has 0 radical (unpaired) electrons. The van der Waals surface area contributed by atoms with Gasteiger partial charge in [-0.3, -0.25) is 0 Å². The molecular weight excluding hydrogens is 428 g/mol. The molecule has 0 heterocycles. The summed E-state index contributed by atoms with van der Waals surface area (Å²) < 4.78 is 27.1. The monoisotopic (exact) mass is 459 g/mol. The molecule has 0 unspecified atom stereocenters. The number of rotatable bonds is 11. The summed E-state index contributed by atoms with van der Waals surface area (Å²) in [4.78, 5) is 25.9. The third kappa shape index (κ3) is 7.89. The number of carbonyl (C=O) groups excluding carboxylic acids is 1. The Morgan fingerprint density at radius 1 is 0.970 bits per heavy atom. The molecule has 0 fully saturated rings. The minimum atomic E-state index is -1.07. The van der Waals surface area contributed by atoms with E-state index >= 15 is 0 Å². The maximum atomic E-state index is 14.0. The van der Waals surface area contributed by atoms with Crippen molar-refractivity contribution in [3.8, 4) is 0 Å². The van der Waals surface area contributed by atoms with Gasteiger partial charge in [-0.1, -0.05) is 32.8 Å². The maximum absolute atomic E-state index is 14.0. The van der Waals surface area contributed by atoms with Crippen LogP contribution in [0.3, 0.4) is 0 Å². The number of aliphatic carboxylic acids is 1. The zero-order chi connectivity index (χ0) is 24.4. The summed E-state index contributed by atoms with van der Waals surface area (Å²) in [5, 5.41) is 14.2. The number of carboxylic acid groups (broad SMARTS) is 1. The van der Waals surface area contributed by atoms with Gasteiger partial charge in [0, 0.05) is 25.2 Å². The predicted molar refractivity (Wildman–Crippen MR) is 129 cm³/mol. The predicted octanol–water partition coefficient (Wildman–Crippen LogP) is 6.50. The van der Waals surface area contributed by atoms with Gasteiger partial charge in [-0.2, -0.15) is 0 Å². The molecule has 3 N–H and O–H groups in total. The van der Waals surface area contributed by atoms with Crippen LogP contribution in [0.4, 0.5) is 30.6 Å². The number of nitrogens with zero attached hydrogens (tertiary/aromatic N) is 1. The van der Waals surface area contributed by atoms with Gasteiger partial charge in [0.2, 0.25) is 0 Å². The highest BCUT2D eigenvalue weighted by Gasteiger charge is 2.16. The van der Waals surface area contributed by atoms with E-state index in [0.29, 0.717) is 22.9 Å². The Kier molecular flexibility index (Phi) is 9.84. The molecule has 6 nitrogen and oxygen atoms in total. The molecule has 0 bridgehead atoms. The normalized spacial score (nSPS) is 11.2. The van der Waals surface area contributed by atoms with Crippen LogP contribution in [0.5, 0.6) is 0 Å². The van der Waals surface area contributed by atoms with E-state index in [-0.39, 0.29) is 5.69 Å². The molecule has 178 valence electrons. The van der Waals surface area contributed by atoms with Crippen LogP contribution in [-0.2, 0) is 4.79 Å². The van der Waals surface area contributed by atoms with Crippen molar-refractivity contribution in [1.29, 1.82) is 0 Å². The van der Waals surface area contributed by atoms with Crippen LogP contribution < -0.4 is 15.5 Å². The van der Waals surface area contributed by atoms with Crippen LogP contribution >= 0.6 is 0 Å². The van der Waals surface area contributed by atoms with E-state index in [2.05, 4.69) is 29.4 Å². The van der Waals surface area contributed by atoms with Gasteiger partial charge in [0.05, 0.1) is 17.1 Å². The molecular formula is C25H31F2N3O3. The molecule has 0 saturated carbocycles. The van der Waals surface area contributed by atoms with Crippen molar-refractivity contribution < 1.29 is 23.5 Å². The van der Waals surface area contributed by atoms with E-state index in [1.165, 1.54) is 0 Å². The first-order valence-corrected chi connectivity index (χ1v) is 11.1. The fraction of sp³-hybridized carbons (Fsp3) is 0.360. The summed E-state index contributed by atoms with van der Waals surface area (Å²) in [5.41, 5.74) is 2.27. The number of halogens is 2. The number of allylic oxidation sites excluding steroid dienone is 1. The number of urea groups is 1. The topological polar surface area (TPSA) is 81.7 Å². The standard InChI is InChI=1S/C25H31F2N3O3/c1-4-6-12-30(13-7-5-2)23-11-8-18(17(3)14-24(31)32)15-22(23)29-25(33)28-21-10-9-19(26)16-20(21)27/h8-11,14-16H,4-7,12-13H2,1-3H3,(H,31,32)(H2,28,29,33)/b17-14+. The van der Waals surface area contributed by atoms with E-state index in [0.717, 1.165) is 62.7 Å². The lowest BCUT2D eigenvalue weighted by atomic mass is 10.0. The Hall–Kier alpha value is -3.42. The first kappa shape index (κ1) is 25.8. The van der Waals surface area contributed by atoms with Crippen LogP contribution in [0.1, 0.15) is 52.0 Å². The molecule has 2 aromatic rings. The highest BCUT2D eigenvalue weighted by atomic mass is 19.1. The van der Waals surface area contributed by atoms with E-state index in [1.54, 1.807) is 13.0 Å². The van der Waals surface area contributed by atoms with Crippen LogP contribution in [0.15, 0.2) is 42.5 Å². The molecule has 2 amide bonds. The van der Waals surface area contributed by atoms with Crippen molar-refractivity contribution in [2.24, 2.45) is 0 Å². The Bertz CT molecular complexity index is 1000. The lowest BCUT2D eigenvalue weighted by molar-refractivity contribution is -0.131. The Morgan fingerprint density at radius 2 is 1.61 bits per heavy atom. The maximum Gasteiger partial charge on any atom is 0.328 e. The van der Waals surface area contributed by atoms with Gasteiger partial charge in [-0.05, 0) is 55.2 Å². The number of hydrogen-bond acceptors (Lipinski definition) is 3. The first-order valence-electron chi connectivity index (χ1n) is 11.1. The minimum Gasteiger partial charge on any atom is -0.478 e. The molecule has 0 saturated heterocycles. The Morgan fingerprint density at radius 3 is 2.18 bits per heavy atom. The third-order valence-electron chi connectivity index (χ3n) is 5.12. The number of benzene rings is 2. The summed E-state index contributed by atoms with van der Waals surface area (Å²) >= 11 is 0. The molecule has 0 aromatic heterocycles. The molecule has 0 aliphatic rings. The molecule has 0 aliphatic heterocycles. The lowest BCUT2D eigenvalue weighted by Crippen LogP contribution is -2.28. The van der Waals surface area contributed by atoms with Crippen LogP contribution in [0.25, 0.3) is 5.57 Å². The molecule has 0 spiro atoms. The molecule has 8 heteroatoms. The summed E-state index contributed by atoms with van der Waals surface area (Å²) in [7, 11) is 0. The highest BCUT2D eigenvalue weighted by Crippen LogP contribution is 2.31. The second kappa shape index (κ2) is 12.6. The van der Waals surface area contributed by atoms with Crippen LogP contribution in [-0.4, -0.2) is 30.2 Å². The van der Waals surface area contributed by atoms with Crippen molar-refractivity contribution in [2.75, 3.05) is 28.6 Å². The van der Waals surface area contributed by atoms with Crippen molar-refractivity contribution in [3.63, 3.8) is 0 Å². The number of anilines is 3. The van der Waals surface area contributed by atoms with Crippen LogP contribution in [0, 0.1) is 11.6 Å². The quantitative estimate of drug-likeness (QED) is 0.335. The zero-order valence-corrected chi connectivity index (χ0v) is 19.3. The van der Waals surface area contributed by atoms with E-state index in [1.807, 2.05) is 12.1 Å². The molecule has 0 atom stereocenters. The summed E-state index contributed by atoms with van der Waals surface area (Å²) in [6.45, 7) is 7.47.